The van der Waals surface area contributed by atoms with Crippen LogP contribution in [0, 0.1) is 0 Å². The van der Waals surface area contributed by atoms with E-state index in [9.17, 15) is 0 Å². The fourth-order valence-corrected chi connectivity index (χ4v) is 3.21. The molecule has 0 spiro atoms. The van der Waals surface area contributed by atoms with Gasteiger partial charge in [-0.05, 0) is 38.7 Å². The molecule has 1 N–H and O–H groups in total. The van der Waals surface area contributed by atoms with Gasteiger partial charge in [0, 0.05) is 17.0 Å². The van der Waals surface area contributed by atoms with Crippen LogP contribution in [0.15, 0.2) is 40.8 Å². The van der Waals surface area contributed by atoms with Crippen molar-refractivity contribution in [1.29, 1.82) is 0 Å². The van der Waals surface area contributed by atoms with Crippen molar-refractivity contribution >= 4 is 11.0 Å². The van der Waals surface area contributed by atoms with Crippen molar-refractivity contribution in [1.82, 2.24) is 5.32 Å². The van der Waals surface area contributed by atoms with Crippen LogP contribution in [0.2, 0.25) is 0 Å². The van der Waals surface area contributed by atoms with E-state index in [-0.39, 0.29) is 6.04 Å². The van der Waals surface area contributed by atoms with Gasteiger partial charge in [0.15, 0.2) is 0 Å². The van der Waals surface area contributed by atoms with Gasteiger partial charge in [-0.15, -0.1) is 0 Å². The first kappa shape index (κ1) is 13.4. The minimum atomic E-state index is 0.272. The van der Waals surface area contributed by atoms with Crippen LogP contribution in [-0.4, -0.2) is 6.04 Å². The molecule has 2 unspecified atom stereocenters. The first-order valence-corrected chi connectivity index (χ1v) is 7.71. The molecule has 0 saturated heterocycles. The smallest absolute Gasteiger partial charge is 0.134 e. The minimum absolute atomic E-state index is 0.272. The molecule has 2 heteroatoms. The lowest BCUT2D eigenvalue weighted by atomic mass is 9.99. The number of furan rings is 1. The molecule has 1 heterocycles. The molecular formula is C18H23NO. The molecule has 1 aliphatic carbocycles. The maximum absolute atomic E-state index is 6.11. The van der Waals surface area contributed by atoms with Gasteiger partial charge in [0.2, 0.25) is 0 Å². The molecule has 0 fully saturated rings. The highest BCUT2D eigenvalue weighted by molar-refractivity contribution is 5.82. The number of aryl methyl sites for hydroxylation is 1. The first-order chi connectivity index (χ1) is 9.79. The molecule has 2 aromatic rings. The van der Waals surface area contributed by atoms with Crippen molar-refractivity contribution in [3.8, 4) is 0 Å². The molecule has 0 radical (unpaired) electrons. The second-order valence-corrected chi connectivity index (χ2v) is 5.66. The molecule has 1 aliphatic rings. The van der Waals surface area contributed by atoms with Gasteiger partial charge in [-0.3, -0.25) is 0 Å². The minimum Gasteiger partial charge on any atom is -0.459 e. The maximum Gasteiger partial charge on any atom is 0.134 e. The summed E-state index contributed by atoms with van der Waals surface area (Å²) < 4.78 is 6.11. The van der Waals surface area contributed by atoms with Crippen LogP contribution in [0.1, 0.15) is 50.5 Å². The van der Waals surface area contributed by atoms with Crippen LogP contribution in [-0.2, 0) is 6.42 Å². The Bertz CT molecular complexity index is 611. The van der Waals surface area contributed by atoms with E-state index in [1.807, 2.05) is 6.07 Å². The lowest BCUT2D eigenvalue weighted by Crippen LogP contribution is -2.32. The molecular weight excluding hydrogens is 246 g/mol. The molecule has 0 amide bonds. The molecule has 3 rings (SSSR count). The van der Waals surface area contributed by atoms with Crippen LogP contribution in [0.3, 0.4) is 0 Å². The van der Waals surface area contributed by atoms with Gasteiger partial charge in [-0.25, -0.2) is 0 Å². The molecule has 0 aliphatic heterocycles. The van der Waals surface area contributed by atoms with E-state index in [4.69, 9.17) is 4.42 Å². The SMILES string of the molecule is CCc1c(C(C)NC2CC=CCC2)oc2ccccc12. The number of hydrogen-bond donors (Lipinski definition) is 1. The lowest BCUT2D eigenvalue weighted by molar-refractivity contribution is 0.379. The summed E-state index contributed by atoms with van der Waals surface area (Å²) in [5.41, 5.74) is 2.36. The summed E-state index contributed by atoms with van der Waals surface area (Å²) in [5.74, 6) is 1.11. The summed E-state index contributed by atoms with van der Waals surface area (Å²) in [5, 5.41) is 4.99. The number of para-hydroxylation sites is 1. The van der Waals surface area contributed by atoms with Crippen LogP contribution in [0.4, 0.5) is 0 Å². The quantitative estimate of drug-likeness (QED) is 0.810. The van der Waals surface area contributed by atoms with Gasteiger partial charge in [-0.2, -0.15) is 0 Å². The largest absolute Gasteiger partial charge is 0.459 e. The monoisotopic (exact) mass is 269 g/mol. The summed E-state index contributed by atoms with van der Waals surface area (Å²) in [7, 11) is 0. The highest BCUT2D eigenvalue weighted by atomic mass is 16.3. The number of hydrogen-bond acceptors (Lipinski definition) is 2. The summed E-state index contributed by atoms with van der Waals surface area (Å²) in [4.78, 5) is 0. The van der Waals surface area contributed by atoms with E-state index in [0.717, 1.165) is 24.2 Å². The Labute approximate surface area is 120 Å². The molecule has 0 bridgehead atoms. The van der Waals surface area contributed by atoms with E-state index in [0.29, 0.717) is 6.04 Å². The van der Waals surface area contributed by atoms with Crippen LogP contribution < -0.4 is 5.32 Å². The van der Waals surface area contributed by atoms with Crippen molar-refractivity contribution in [2.45, 2.75) is 51.6 Å². The standard InChI is InChI=1S/C18H23NO/c1-3-15-16-11-7-8-12-17(16)20-18(15)13(2)19-14-9-5-4-6-10-14/h4-5,7-8,11-14,19H,3,6,9-10H2,1-2H3. The van der Waals surface area contributed by atoms with Gasteiger partial charge in [0.1, 0.15) is 11.3 Å². The van der Waals surface area contributed by atoms with E-state index < -0.39 is 0 Å². The second kappa shape index (κ2) is 5.84. The summed E-state index contributed by atoms with van der Waals surface area (Å²) in [6.45, 7) is 4.42. The molecule has 1 aromatic carbocycles. The highest BCUT2D eigenvalue weighted by Gasteiger charge is 2.20. The van der Waals surface area contributed by atoms with Crippen molar-refractivity contribution < 1.29 is 4.42 Å². The van der Waals surface area contributed by atoms with Crippen molar-refractivity contribution in [3.05, 3.63) is 47.7 Å². The third-order valence-electron chi connectivity index (χ3n) is 4.23. The lowest BCUT2D eigenvalue weighted by Gasteiger charge is -2.23. The Kier molecular flexibility index (Phi) is 3.93. The van der Waals surface area contributed by atoms with Crippen molar-refractivity contribution in [2.24, 2.45) is 0 Å². The number of allylic oxidation sites excluding steroid dienone is 1. The first-order valence-electron chi connectivity index (χ1n) is 7.71. The summed E-state index contributed by atoms with van der Waals surface area (Å²) in [6, 6.07) is 9.21. The molecule has 2 atom stereocenters. The van der Waals surface area contributed by atoms with Crippen LogP contribution in [0.25, 0.3) is 11.0 Å². The van der Waals surface area contributed by atoms with E-state index in [1.165, 1.54) is 23.8 Å². The van der Waals surface area contributed by atoms with Crippen molar-refractivity contribution in [3.63, 3.8) is 0 Å². The van der Waals surface area contributed by atoms with Gasteiger partial charge < -0.3 is 9.73 Å². The zero-order valence-corrected chi connectivity index (χ0v) is 12.4. The Morgan fingerprint density at radius 3 is 2.90 bits per heavy atom. The molecule has 106 valence electrons. The predicted octanol–water partition coefficient (Wildman–Crippen LogP) is 4.75. The molecule has 0 saturated carbocycles. The van der Waals surface area contributed by atoms with Crippen molar-refractivity contribution in [2.75, 3.05) is 0 Å². The average molecular weight is 269 g/mol. The topological polar surface area (TPSA) is 25.2 Å². The Hall–Kier alpha value is -1.54. The fourth-order valence-electron chi connectivity index (χ4n) is 3.21. The maximum atomic E-state index is 6.11. The summed E-state index contributed by atoms with van der Waals surface area (Å²) >= 11 is 0. The van der Waals surface area contributed by atoms with E-state index in [2.05, 4.69) is 49.5 Å². The third-order valence-corrected chi connectivity index (χ3v) is 4.23. The van der Waals surface area contributed by atoms with Gasteiger partial charge in [0.25, 0.3) is 0 Å². The Morgan fingerprint density at radius 1 is 1.30 bits per heavy atom. The molecule has 2 nitrogen and oxygen atoms in total. The highest BCUT2D eigenvalue weighted by Crippen LogP contribution is 2.31. The molecule has 1 aromatic heterocycles. The molecule has 20 heavy (non-hydrogen) atoms. The Balaban J connectivity index is 1.86. The van der Waals surface area contributed by atoms with E-state index in [1.54, 1.807) is 0 Å². The Morgan fingerprint density at radius 2 is 2.15 bits per heavy atom. The van der Waals surface area contributed by atoms with Gasteiger partial charge in [0.05, 0.1) is 6.04 Å². The predicted molar refractivity (Wildman–Crippen MR) is 83.9 cm³/mol. The van der Waals surface area contributed by atoms with Gasteiger partial charge >= 0.3 is 0 Å². The zero-order valence-electron chi connectivity index (χ0n) is 12.4. The van der Waals surface area contributed by atoms with Gasteiger partial charge in [-0.1, -0.05) is 37.3 Å². The average Bonchev–Trinajstić information content (AvgIpc) is 2.87. The fraction of sp³-hybridized carbons (Fsp3) is 0.444. The second-order valence-electron chi connectivity index (χ2n) is 5.66. The van der Waals surface area contributed by atoms with Crippen LogP contribution >= 0.6 is 0 Å². The third kappa shape index (κ3) is 2.53. The number of nitrogens with one attached hydrogen (secondary N) is 1. The van der Waals surface area contributed by atoms with Crippen LogP contribution in [0.5, 0.6) is 0 Å². The number of fused-ring (bicyclic) bond motifs is 1. The zero-order chi connectivity index (χ0) is 13.9. The summed E-state index contributed by atoms with van der Waals surface area (Å²) in [6.07, 6.45) is 9.12. The number of rotatable bonds is 4. The van der Waals surface area contributed by atoms with E-state index >= 15 is 0 Å². The number of benzene rings is 1. The normalized spacial score (nSPS) is 20.4.